The Hall–Kier alpha value is -3.03. The van der Waals surface area contributed by atoms with E-state index in [0.717, 1.165) is 38.4 Å². The number of nitrogens with zero attached hydrogens (tertiary/aromatic N) is 3. The number of rotatable bonds is 7. The van der Waals surface area contributed by atoms with E-state index in [1.165, 1.54) is 0 Å². The molecule has 6 nitrogen and oxygen atoms in total. The molecule has 0 aliphatic carbocycles. The number of fused-ring (bicyclic) bond motifs is 1. The van der Waals surface area contributed by atoms with Crippen molar-refractivity contribution in [2.45, 2.75) is 0 Å². The van der Waals surface area contributed by atoms with Gasteiger partial charge in [-0.2, -0.15) is 0 Å². The molecule has 142 valence electrons. The second-order valence-corrected chi connectivity index (χ2v) is 6.90. The summed E-state index contributed by atoms with van der Waals surface area (Å²) >= 11 is 1.63. The molecule has 3 aromatic heterocycles. The third-order valence-corrected chi connectivity index (χ3v) is 5.21. The van der Waals surface area contributed by atoms with Crippen LogP contribution < -0.4 is 9.47 Å². The molecule has 0 radical (unpaired) electrons. The van der Waals surface area contributed by atoms with Crippen molar-refractivity contribution in [2.75, 3.05) is 27.4 Å². The predicted octanol–water partition coefficient (Wildman–Crippen LogP) is 4.45. The first-order chi connectivity index (χ1) is 13.8. The number of benzene rings is 1. The fourth-order valence-corrected chi connectivity index (χ4v) is 3.85. The van der Waals surface area contributed by atoms with Crippen LogP contribution in [-0.2, 0) is 4.74 Å². The van der Waals surface area contributed by atoms with Crippen molar-refractivity contribution in [1.29, 1.82) is 0 Å². The van der Waals surface area contributed by atoms with E-state index in [9.17, 15) is 0 Å². The summed E-state index contributed by atoms with van der Waals surface area (Å²) in [5.41, 5.74) is 3.44. The summed E-state index contributed by atoms with van der Waals surface area (Å²) in [6.45, 7) is 1.00. The minimum atomic E-state index is 0.476. The van der Waals surface area contributed by atoms with Crippen molar-refractivity contribution in [3.05, 3.63) is 54.0 Å². The summed E-state index contributed by atoms with van der Waals surface area (Å²) in [5.74, 6) is 1.31. The Bertz CT molecular complexity index is 1100. The van der Waals surface area contributed by atoms with Crippen LogP contribution in [0, 0.1) is 0 Å². The molecule has 0 atom stereocenters. The first kappa shape index (κ1) is 18.3. The van der Waals surface area contributed by atoms with Gasteiger partial charge in [0.15, 0.2) is 0 Å². The van der Waals surface area contributed by atoms with E-state index in [1.54, 1.807) is 31.8 Å². The number of para-hydroxylation sites is 1. The number of hydrogen-bond acceptors (Lipinski definition) is 7. The first-order valence-corrected chi connectivity index (χ1v) is 9.65. The average molecular weight is 393 g/mol. The molecule has 1 aromatic carbocycles. The van der Waals surface area contributed by atoms with E-state index >= 15 is 0 Å². The monoisotopic (exact) mass is 393 g/mol. The van der Waals surface area contributed by atoms with Crippen LogP contribution in [0.3, 0.4) is 0 Å². The van der Waals surface area contributed by atoms with Crippen LogP contribution in [0.25, 0.3) is 32.6 Å². The second kappa shape index (κ2) is 8.33. The number of methoxy groups -OCH3 is 2. The molecule has 0 bridgehead atoms. The summed E-state index contributed by atoms with van der Waals surface area (Å²) in [6.07, 6.45) is 1.71. The van der Waals surface area contributed by atoms with E-state index in [1.807, 2.05) is 41.8 Å². The maximum atomic E-state index is 5.89. The predicted molar refractivity (Wildman–Crippen MR) is 110 cm³/mol. The van der Waals surface area contributed by atoms with Crippen LogP contribution in [0.5, 0.6) is 11.6 Å². The second-order valence-electron chi connectivity index (χ2n) is 5.98. The third kappa shape index (κ3) is 3.54. The summed E-state index contributed by atoms with van der Waals surface area (Å²) in [5, 5.41) is 12.2. The van der Waals surface area contributed by atoms with Crippen molar-refractivity contribution in [3.8, 4) is 34.1 Å². The highest BCUT2D eigenvalue weighted by molar-refractivity contribution is 7.17. The van der Waals surface area contributed by atoms with Crippen molar-refractivity contribution < 1.29 is 14.2 Å². The van der Waals surface area contributed by atoms with Crippen molar-refractivity contribution in [2.24, 2.45) is 0 Å². The zero-order chi connectivity index (χ0) is 19.3. The lowest BCUT2D eigenvalue weighted by molar-refractivity contribution is 0.146. The van der Waals surface area contributed by atoms with Gasteiger partial charge in [0.2, 0.25) is 5.88 Å². The molecular formula is C21H19N3O3S. The Morgan fingerprint density at radius 2 is 1.82 bits per heavy atom. The maximum absolute atomic E-state index is 5.89. The van der Waals surface area contributed by atoms with Gasteiger partial charge in [0.25, 0.3) is 0 Å². The zero-order valence-electron chi connectivity index (χ0n) is 15.6. The van der Waals surface area contributed by atoms with Gasteiger partial charge < -0.3 is 14.2 Å². The molecule has 0 fully saturated rings. The van der Waals surface area contributed by atoms with E-state index in [0.29, 0.717) is 19.1 Å². The van der Waals surface area contributed by atoms with Gasteiger partial charge in [0.05, 0.1) is 18.4 Å². The Kier molecular flexibility index (Phi) is 5.45. The topological polar surface area (TPSA) is 66.4 Å². The Labute approximate surface area is 166 Å². The van der Waals surface area contributed by atoms with E-state index in [4.69, 9.17) is 14.2 Å². The van der Waals surface area contributed by atoms with Crippen molar-refractivity contribution in [1.82, 2.24) is 15.2 Å². The summed E-state index contributed by atoms with van der Waals surface area (Å²) in [4.78, 5) is 4.17. The molecule has 0 amide bonds. The summed E-state index contributed by atoms with van der Waals surface area (Å²) in [7, 11) is 3.25. The maximum Gasteiger partial charge on any atom is 0.213 e. The van der Waals surface area contributed by atoms with Crippen LogP contribution in [0.4, 0.5) is 0 Å². The minimum Gasteiger partial charge on any atom is -0.490 e. The summed E-state index contributed by atoms with van der Waals surface area (Å²) < 4.78 is 17.3. The van der Waals surface area contributed by atoms with Gasteiger partial charge in [0, 0.05) is 35.9 Å². The Morgan fingerprint density at radius 1 is 0.964 bits per heavy atom. The van der Waals surface area contributed by atoms with Gasteiger partial charge in [0.1, 0.15) is 23.7 Å². The molecule has 0 saturated heterocycles. The Morgan fingerprint density at radius 3 is 2.68 bits per heavy atom. The van der Waals surface area contributed by atoms with Crippen LogP contribution in [0.15, 0.2) is 54.0 Å². The minimum absolute atomic E-state index is 0.476. The quantitative estimate of drug-likeness (QED) is 0.432. The number of aromatic nitrogens is 3. The molecule has 0 N–H and O–H groups in total. The highest BCUT2D eigenvalue weighted by Crippen LogP contribution is 2.39. The van der Waals surface area contributed by atoms with Crippen molar-refractivity contribution >= 4 is 21.4 Å². The number of ether oxygens (including phenoxy) is 3. The van der Waals surface area contributed by atoms with E-state index in [2.05, 4.69) is 21.2 Å². The number of pyridine rings is 1. The van der Waals surface area contributed by atoms with E-state index < -0.39 is 0 Å². The lowest BCUT2D eigenvalue weighted by Gasteiger charge is -2.12. The van der Waals surface area contributed by atoms with Crippen LogP contribution >= 0.6 is 11.3 Å². The molecule has 0 spiro atoms. The van der Waals surface area contributed by atoms with Crippen LogP contribution in [-0.4, -0.2) is 42.6 Å². The van der Waals surface area contributed by atoms with E-state index in [-0.39, 0.29) is 0 Å². The van der Waals surface area contributed by atoms with Crippen molar-refractivity contribution in [3.63, 3.8) is 0 Å². The lowest BCUT2D eigenvalue weighted by atomic mass is 10.1. The fourth-order valence-electron chi connectivity index (χ4n) is 2.96. The van der Waals surface area contributed by atoms with Gasteiger partial charge in [-0.25, -0.2) is 4.98 Å². The molecular weight excluding hydrogens is 374 g/mol. The van der Waals surface area contributed by atoms with Gasteiger partial charge in [-0.15, -0.1) is 21.5 Å². The molecule has 4 aromatic rings. The largest absolute Gasteiger partial charge is 0.490 e. The van der Waals surface area contributed by atoms with Gasteiger partial charge in [-0.1, -0.05) is 12.1 Å². The summed E-state index contributed by atoms with van der Waals surface area (Å²) in [6, 6.07) is 13.7. The number of hydrogen-bond donors (Lipinski definition) is 0. The highest BCUT2D eigenvalue weighted by atomic mass is 32.1. The lowest BCUT2D eigenvalue weighted by Crippen LogP contribution is -2.05. The molecule has 0 aliphatic heterocycles. The SMILES string of the molecule is COCCOc1ccccc1-c1nnc(-c2ccnc(OC)c2)c2ccsc12. The van der Waals surface area contributed by atoms with Gasteiger partial charge in [-0.05, 0) is 29.6 Å². The standard InChI is InChI=1S/C21H19N3O3S/c1-25-10-11-27-17-6-4-3-5-15(17)20-21-16(8-12-28-21)19(23-24-20)14-7-9-22-18(13-14)26-2/h3-9,12-13H,10-11H2,1-2H3. The first-order valence-electron chi connectivity index (χ1n) is 8.77. The fraction of sp³-hybridized carbons (Fsp3) is 0.190. The molecule has 7 heteroatoms. The third-order valence-electron chi connectivity index (χ3n) is 4.29. The average Bonchev–Trinajstić information content (AvgIpc) is 3.24. The molecule has 0 saturated carbocycles. The molecule has 28 heavy (non-hydrogen) atoms. The van der Waals surface area contributed by atoms with Gasteiger partial charge in [-0.3, -0.25) is 0 Å². The van der Waals surface area contributed by atoms with Crippen LogP contribution in [0.2, 0.25) is 0 Å². The zero-order valence-corrected chi connectivity index (χ0v) is 16.4. The molecule has 0 unspecified atom stereocenters. The molecule has 3 heterocycles. The normalized spacial score (nSPS) is 10.9. The Balaban J connectivity index is 1.80. The highest BCUT2D eigenvalue weighted by Gasteiger charge is 2.17. The van der Waals surface area contributed by atoms with Crippen LogP contribution in [0.1, 0.15) is 0 Å². The van der Waals surface area contributed by atoms with Gasteiger partial charge >= 0.3 is 0 Å². The number of thiophene rings is 1. The smallest absolute Gasteiger partial charge is 0.213 e. The molecule has 4 rings (SSSR count). The molecule has 0 aliphatic rings.